The number of hydrogen-bond donors (Lipinski definition) is 1. The molecule has 1 aliphatic heterocycles. The number of carbonyl (C=O) groups is 1. The van der Waals surface area contributed by atoms with Gasteiger partial charge in [-0.3, -0.25) is 0 Å². The first-order valence-electron chi connectivity index (χ1n) is 11.7. The second-order valence-electron chi connectivity index (χ2n) is 8.17. The molecule has 1 atom stereocenters. The average Bonchev–Trinajstić information content (AvgIpc) is 3.27. The van der Waals surface area contributed by atoms with Gasteiger partial charge in [0, 0.05) is 22.0 Å². The van der Waals surface area contributed by atoms with Gasteiger partial charge < -0.3 is 14.8 Å². The summed E-state index contributed by atoms with van der Waals surface area (Å²) in [4.78, 5) is 17.9. The van der Waals surface area contributed by atoms with Crippen LogP contribution in [0.5, 0.6) is 5.75 Å². The van der Waals surface area contributed by atoms with Crippen molar-refractivity contribution in [2.75, 3.05) is 17.7 Å². The van der Waals surface area contributed by atoms with Crippen LogP contribution in [-0.2, 0) is 16.1 Å². The maximum Gasteiger partial charge on any atom is 0.338 e. The lowest BCUT2D eigenvalue weighted by Crippen LogP contribution is -2.30. The second kappa shape index (κ2) is 11.6. The predicted molar refractivity (Wildman–Crippen MR) is 139 cm³/mol. The number of nitrogens with one attached hydrogen (secondary N) is 1. The van der Waals surface area contributed by atoms with Crippen molar-refractivity contribution in [2.45, 2.75) is 51.4 Å². The van der Waals surface area contributed by atoms with Crippen molar-refractivity contribution in [3.8, 4) is 5.75 Å². The van der Waals surface area contributed by atoms with Crippen molar-refractivity contribution in [1.82, 2.24) is 14.8 Å². The van der Waals surface area contributed by atoms with Gasteiger partial charge in [-0.05, 0) is 43.5 Å². The van der Waals surface area contributed by atoms with Crippen LogP contribution in [0, 0.1) is 0 Å². The summed E-state index contributed by atoms with van der Waals surface area (Å²) < 4.78 is 13.6. The zero-order valence-electron chi connectivity index (χ0n) is 20.1. The number of esters is 1. The van der Waals surface area contributed by atoms with Gasteiger partial charge in [-0.1, -0.05) is 67.5 Å². The number of anilines is 1. The number of fused-ring (bicyclic) bond motifs is 1. The van der Waals surface area contributed by atoms with Crippen LogP contribution < -0.4 is 10.1 Å². The summed E-state index contributed by atoms with van der Waals surface area (Å²) in [5.74, 6) is 1.78. The molecule has 0 saturated heterocycles. The van der Waals surface area contributed by atoms with Crippen LogP contribution in [0.25, 0.3) is 0 Å². The maximum atomic E-state index is 13.2. The first kappa shape index (κ1) is 25.1. The van der Waals surface area contributed by atoms with Crippen molar-refractivity contribution >= 4 is 35.3 Å². The van der Waals surface area contributed by atoms with Gasteiger partial charge in [-0.15, -0.1) is 5.10 Å². The summed E-state index contributed by atoms with van der Waals surface area (Å²) in [6.07, 6.45) is 1.75. The molecule has 1 N–H and O–H groups in total. The van der Waals surface area contributed by atoms with Crippen molar-refractivity contribution in [2.24, 2.45) is 0 Å². The van der Waals surface area contributed by atoms with Crippen LogP contribution in [0.3, 0.4) is 0 Å². The van der Waals surface area contributed by atoms with Gasteiger partial charge in [-0.2, -0.15) is 4.98 Å². The summed E-state index contributed by atoms with van der Waals surface area (Å²) in [6.45, 7) is 6.66. The zero-order valence-corrected chi connectivity index (χ0v) is 21.7. The number of carbonyl (C=O) groups excluding carboxylic acids is 1. The first-order valence-corrected chi connectivity index (χ1v) is 13.1. The van der Waals surface area contributed by atoms with Crippen molar-refractivity contribution in [3.63, 3.8) is 0 Å². The van der Waals surface area contributed by atoms with Crippen molar-refractivity contribution in [1.29, 1.82) is 0 Å². The van der Waals surface area contributed by atoms with E-state index in [0.717, 1.165) is 29.7 Å². The van der Waals surface area contributed by atoms with Gasteiger partial charge in [0.1, 0.15) is 18.4 Å². The highest BCUT2D eigenvalue weighted by Crippen LogP contribution is 2.40. The van der Waals surface area contributed by atoms with E-state index in [0.29, 0.717) is 46.4 Å². The highest BCUT2D eigenvalue weighted by Gasteiger charge is 2.36. The molecule has 0 radical (unpaired) electrons. The number of allylic oxidation sites excluding steroid dienone is 1. The third-order valence-corrected chi connectivity index (χ3v) is 6.74. The minimum absolute atomic E-state index is 0.346. The fourth-order valence-electron chi connectivity index (χ4n) is 3.79. The standard InChI is InChI=1S/C26H29ClN4O3S/c1-4-14-33-24(32)22-17(3)28-25-29-26(35-15-5-2)30-31(25)23(22)20-8-6-7-9-21(20)34-16-18-10-12-19(27)13-11-18/h6-13,23H,4-5,14-16H2,1-3H3,(H,28,29,30). The summed E-state index contributed by atoms with van der Waals surface area (Å²) in [5.41, 5.74) is 2.98. The highest BCUT2D eigenvalue weighted by molar-refractivity contribution is 7.99. The van der Waals surface area contributed by atoms with Crippen LogP contribution in [0.1, 0.15) is 50.8 Å². The van der Waals surface area contributed by atoms with Crippen LogP contribution in [0.15, 0.2) is 65.0 Å². The molecule has 7 nitrogen and oxygen atoms in total. The van der Waals surface area contributed by atoms with E-state index in [1.54, 1.807) is 16.4 Å². The van der Waals surface area contributed by atoms with Crippen LogP contribution in [0.2, 0.25) is 5.02 Å². The lowest BCUT2D eigenvalue weighted by atomic mass is 9.95. The Morgan fingerprint density at radius 2 is 1.91 bits per heavy atom. The fourth-order valence-corrected chi connectivity index (χ4v) is 4.60. The SMILES string of the molecule is CCCOC(=O)C1=C(C)Nc2nc(SCCC)nn2C1c1ccccc1OCc1ccc(Cl)cc1. The molecule has 35 heavy (non-hydrogen) atoms. The number of nitrogens with zero attached hydrogens (tertiary/aromatic N) is 3. The normalized spacial score (nSPS) is 14.9. The number of hydrogen-bond acceptors (Lipinski definition) is 7. The van der Waals surface area contributed by atoms with Gasteiger partial charge in [0.05, 0.1) is 12.2 Å². The number of rotatable bonds is 10. The average molecular weight is 513 g/mol. The smallest absolute Gasteiger partial charge is 0.338 e. The molecule has 0 fully saturated rings. The molecule has 0 aliphatic carbocycles. The van der Waals surface area contributed by atoms with Gasteiger partial charge in [0.25, 0.3) is 0 Å². The Balaban J connectivity index is 1.73. The number of ether oxygens (including phenoxy) is 2. The first-order chi connectivity index (χ1) is 17.0. The van der Waals surface area contributed by atoms with Crippen LogP contribution in [-0.4, -0.2) is 33.1 Å². The number of benzene rings is 2. The third kappa shape index (κ3) is 5.82. The van der Waals surface area contributed by atoms with E-state index < -0.39 is 6.04 Å². The van der Waals surface area contributed by atoms with Gasteiger partial charge in [0.15, 0.2) is 0 Å². The lowest BCUT2D eigenvalue weighted by Gasteiger charge is -2.29. The van der Waals surface area contributed by atoms with Crippen molar-refractivity contribution < 1.29 is 14.3 Å². The molecule has 1 aliphatic rings. The predicted octanol–water partition coefficient (Wildman–Crippen LogP) is 6.25. The summed E-state index contributed by atoms with van der Waals surface area (Å²) >= 11 is 7.61. The van der Waals surface area contributed by atoms with Crippen LogP contribution in [0.4, 0.5) is 5.95 Å². The molecule has 0 bridgehead atoms. The molecular formula is C26H29ClN4O3S. The molecule has 184 valence electrons. The Morgan fingerprint density at radius 1 is 1.14 bits per heavy atom. The number of para-hydroxylation sites is 1. The molecule has 4 rings (SSSR count). The maximum absolute atomic E-state index is 13.2. The molecule has 2 heterocycles. The monoisotopic (exact) mass is 512 g/mol. The molecular weight excluding hydrogens is 484 g/mol. The minimum atomic E-state index is -0.541. The van der Waals surface area contributed by atoms with Gasteiger partial charge in [0.2, 0.25) is 11.1 Å². The molecule has 1 unspecified atom stereocenters. The van der Waals surface area contributed by atoms with E-state index in [2.05, 4.69) is 17.2 Å². The van der Waals surface area contributed by atoms with E-state index in [4.69, 9.17) is 26.2 Å². The Bertz CT molecular complexity index is 1210. The van der Waals surface area contributed by atoms with E-state index >= 15 is 0 Å². The van der Waals surface area contributed by atoms with E-state index in [-0.39, 0.29) is 5.97 Å². The molecule has 1 aromatic heterocycles. The Kier molecular flexibility index (Phi) is 8.36. The summed E-state index contributed by atoms with van der Waals surface area (Å²) in [6, 6.07) is 14.7. The van der Waals surface area contributed by atoms with Crippen molar-refractivity contribution in [3.05, 3.63) is 76.0 Å². The van der Waals surface area contributed by atoms with E-state index in [1.807, 2.05) is 62.4 Å². The highest BCUT2D eigenvalue weighted by atomic mass is 35.5. The van der Waals surface area contributed by atoms with E-state index in [9.17, 15) is 4.79 Å². The number of thioether (sulfide) groups is 1. The number of aromatic nitrogens is 3. The fraction of sp³-hybridized carbons (Fsp3) is 0.346. The van der Waals surface area contributed by atoms with E-state index in [1.165, 1.54) is 0 Å². The Hall–Kier alpha value is -2.97. The quantitative estimate of drug-likeness (QED) is 0.254. The van der Waals surface area contributed by atoms with Crippen LogP contribution >= 0.6 is 23.4 Å². The Labute approximate surface area is 214 Å². The zero-order chi connectivity index (χ0) is 24.8. The molecule has 2 aromatic carbocycles. The topological polar surface area (TPSA) is 78.3 Å². The molecule has 0 saturated carbocycles. The summed E-state index contributed by atoms with van der Waals surface area (Å²) in [7, 11) is 0. The third-order valence-electron chi connectivity index (χ3n) is 5.45. The van der Waals surface area contributed by atoms with Gasteiger partial charge >= 0.3 is 5.97 Å². The molecule has 0 amide bonds. The van der Waals surface area contributed by atoms with Gasteiger partial charge in [-0.25, -0.2) is 9.48 Å². The minimum Gasteiger partial charge on any atom is -0.489 e. The second-order valence-corrected chi connectivity index (χ2v) is 9.66. The molecule has 3 aromatic rings. The lowest BCUT2D eigenvalue weighted by molar-refractivity contribution is -0.139. The molecule has 0 spiro atoms. The Morgan fingerprint density at radius 3 is 2.66 bits per heavy atom. The summed E-state index contributed by atoms with van der Waals surface area (Å²) in [5, 5.41) is 9.34. The number of halogens is 1. The molecule has 9 heteroatoms. The largest absolute Gasteiger partial charge is 0.489 e.